The number of amides is 2. The number of H-pyrrole nitrogens is 1. The van der Waals surface area contributed by atoms with E-state index in [-0.39, 0.29) is 22.9 Å². The van der Waals surface area contributed by atoms with Gasteiger partial charge in [0, 0.05) is 42.0 Å². The molecule has 0 bridgehead atoms. The molecule has 1 fully saturated rings. The van der Waals surface area contributed by atoms with E-state index in [0.29, 0.717) is 30.0 Å². The first-order valence-electron chi connectivity index (χ1n) is 12.2. The molecule has 0 atom stereocenters. The summed E-state index contributed by atoms with van der Waals surface area (Å²) in [4.78, 5) is 38.1. The Hall–Kier alpha value is -4.66. The Bertz CT molecular complexity index is 1510. The topological polar surface area (TPSA) is 95.2 Å². The van der Waals surface area contributed by atoms with E-state index in [0.717, 1.165) is 36.1 Å². The van der Waals surface area contributed by atoms with Gasteiger partial charge in [-0.2, -0.15) is 5.10 Å². The smallest absolute Gasteiger partial charge is 0.264 e. The summed E-state index contributed by atoms with van der Waals surface area (Å²) in [5.41, 5.74) is 3.22. The molecule has 0 saturated carbocycles. The lowest BCUT2D eigenvalue weighted by Crippen LogP contribution is -2.38. The first-order chi connectivity index (χ1) is 18.4. The third kappa shape index (κ3) is 5.51. The number of carbonyl (C=O) groups excluding carboxylic acids is 2. The number of benzene rings is 3. The van der Waals surface area contributed by atoms with Crippen molar-refractivity contribution in [1.82, 2.24) is 15.1 Å². The van der Waals surface area contributed by atoms with Crippen molar-refractivity contribution in [3.05, 3.63) is 118 Å². The Morgan fingerprint density at radius 2 is 1.61 bits per heavy atom. The Balaban J connectivity index is 1.16. The number of hydrogen-bond donors (Lipinski definition) is 2. The van der Waals surface area contributed by atoms with E-state index in [2.05, 4.69) is 15.5 Å². The second-order valence-corrected chi connectivity index (χ2v) is 9.15. The Morgan fingerprint density at radius 1 is 0.895 bits per heavy atom. The zero-order valence-electron chi connectivity index (χ0n) is 20.3. The summed E-state index contributed by atoms with van der Waals surface area (Å²) in [5.74, 6) is -2.01. The average molecular weight is 515 g/mol. The van der Waals surface area contributed by atoms with Gasteiger partial charge in [-0.25, -0.2) is 13.9 Å². The van der Waals surface area contributed by atoms with E-state index in [1.54, 1.807) is 35.2 Å². The van der Waals surface area contributed by atoms with E-state index < -0.39 is 17.5 Å². The fourth-order valence-electron chi connectivity index (χ4n) is 4.59. The zero-order chi connectivity index (χ0) is 26.6. The SMILES string of the molecule is O=C(Nc1ccc(C2CCN(C(=O)c3ccc(F)cc3F)CC2)cc1)c1ccc(-c2ccc(=O)[nH]n2)cc1. The average Bonchev–Trinajstić information content (AvgIpc) is 2.94. The van der Waals surface area contributed by atoms with Gasteiger partial charge in [0.15, 0.2) is 0 Å². The highest BCUT2D eigenvalue weighted by atomic mass is 19.1. The molecule has 2 N–H and O–H groups in total. The Morgan fingerprint density at radius 3 is 2.24 bits per heavy atom. The molecule has 7 nitrogen and oxygen atoms in total. The molecule has 5 rings (SSSR count). The largest absolute Gasteiger partial charge is 0.339 e. The van der Waals surface area contributed by atoms with Gasteiger partial charge in [-0.15, -0.1) is 0 Å². The number of likely N-dealkylation sites (tertiary alicyclic amines) is 1. The molecule has 0 radical (unpaired) electrons. The standard InChI is InChI=1S/C29H24F2N4O3/c30-22-7-10-24(25(31)17-22)29(38)35-15-13-19(14-16-35)18-5-8-23(9-6-18)32-28(37)21-3-1-20(2-4-21)26-11-12-27(36)34-33-26/h1-12,17,19H,13-16H2,(H,32,37)(H,34,36). The van der Waals surface area contributed by atoms with Crippen LogP contribution in [0.15, 0.2) is 83.7 Å². The van der Waals surface area contributed by atoms with Crippen molar-refractivity contribution in [3.8, 4) is 11.3 Å². The van der Waals surface area contributed by atoms with Crippen molar-refractivity contribution in [3.63, 3.8) is 0 Å². The Kier molecular flexibility index (Phi) is 7.08. The van der Waals surface area contributed by atoms with Crippen molar-refractivity contribution in [1.29, 1.82) is 0 Å². The predicted octanol–water partition coefficient (Wildman–Crippen LogP) is 4.99. The van der Waals surface area contributed by atoms with Gasteiger partial charge in [0.05, 0.1) is 11.3 Å². The van der Waals surface area contributed by atoms with Crippen molar-refractivity contribution in [2.45, 2.75) is 18.8 Å². The molecule has 0 spiro atoms. The lowest BCUT2D eigenvalue weighted by atomic mass is 9.89. The summed E-state index contributed by atoms with van der Waals surface area (Å²) in [6.07, 6.45) is 1.44. The second-order valence-electron chi connectivity index (χ2n) is 9.15. The van der Waals surface area contributed by atoms with Crippen LogP contribution in [0.1, 0.15) is 45.0 Å². The van der Waals surface area contributed by atoms with Gasteiger partial charge < -0.3 is 10.2 Å². The van der Waals surface area contributed by atoms with Crippen LogP contribution in [0.4, 0.5) is 14.5 Å². The number of aromatic nitrogens is 2. The highest BCUT2D eigenvalue weighted by Gasteiger charge is 2.26. The van der Waals surface area contributed by atoms with Crippen LogP contribution < -0.4 is 10.9 Å². The van der Waals surface area contributed by atoms with Crippen LogP contribution in [0, 0.1) is 11.6 Å². The van der Waals surface area contributed by atoms with E-state index >= 15 is 0 Å². The van der Waals surface area contributed by atoms with Gasteiger partial charge in [0.25, 0.3) is 17.4 Å². The molecule has 3 aromatic carbocycles. The maximum atomic E-state index is 14.0. The molecule has 2 heterocycles. The Labute approximate surface area is 217 Å². The van der Waals surface area contributed by atoms with Gasteiger partial charge in [-0.05, 0) is 66.8 Å². The third-order valence-corrected chi connectivity index (χ3v) is 6.71. The van der Waals surface area contributed by atoms with Gasteiger partial charge in [0.2, 0.25) is 0 Å². The van der Waals surface area contributed by atoms with Crippen molar-refractivity contribution >= 4 is 17.5 Å². The summed E-state index contributed by atoms with van der Waals surface area (Å²) in [6.45, 7) is 0.951. The highest BCUT2D eigenvalue weighted by molar-refractivity contribution is 6.04. The van der Waals surface area contributed by atoms with Crippen LogP contribution in [-0.4, -0.2) is 40.0 Å². The van der Waals surface area contributed by atoms with Crippen LogP contribution in [-0.2, 0) is 0 Å². The number of anilines is 1. The number of halogens is 2. The summed E-state index contributed by atoms with van der Waals surface area (Å²) in [5, 5.41) is 9.26. The normalized spacial score (nSPS) is 13.8. The quantitative estimate of drug-likeness (QED) is 0.392. The monoisotopic (exact) mass is 514 g/mol. The molecule has 4 aromatic rings. The molecule has 9 heteroatoms. The van der Waals surface area contributed by atoms with Gasteiger partial charge in [-0.3, -0.25) is 14.4 Å². The zero-order valence-corrected chi connectivity index (χ0v) is 20.3. The molecular weight excluding hydrogens is 490 g/mol. The fourth-order valence-corrected chi connectivity index (χ4v) is 4.59. The molecule has 1 aliphatic rings. The molecule has 1 saturated heterocycles. The number of hydrogen-bond acceptors (Lipinski definition) is 4. The predicted molar refractivity (Wildman–Crippen MR) is 139 cm³/mol. The highest BCUT2D eigenvalue weighted by Crippen LogP contribution is 2.30. The summed E-state index contributed by atoms with van der Waals surface area (Å²) in [7, 11) is 0. The molecule has 38 heavy (non-hydrogen) atoms. The van der Waals surface area contributed by atoms with Crippen molar-refractivity contribution in [2.75, 3.05) is 18.4 Å². The number of nitrogens with one attached hydrogen (secondary N) is 2. The maximum Gasteiger partial charge on any atom is 0.264 e. The van der Waals surface area contributed by atoms with E-state index in [1.165, 1.54) is 12.1 Å². The minimum absolute atomic E-state index is 0.118. The molecule has 1 aliphatic heterocycles. The second kappa shape index (κ2) is 10.8. The summed E-state index contributed by atoms with van der Waals surface area (Å²) < 4.78 is 27.2. The molecule has 2 amide bonds. The van der Waals surface area contributed by atoms with Crippen LogP contribution in [0.3, 0.4) is 0 Å². The minimum Gasteiger partial charge on any atom is -0.339 e. The minimum atomic E-state index is -0.850. The van der Waals surface area contributed by atoms with E-state index in [9.17, 15) is 23.2 Å². The number of piperidine rings is 1. The van der Waals surface area contributed by atoms with Gasteiger partial charge in [-0.1, -0.05) is 24.3 Å². The maximum absolute atomic E-state index is 14.0. The molecule has 0 aliphatic carbocycles. The van der Waals surface area contributed by atoms with E-state index in [4.69, 9.17) is 0 Å². The van der Waals surface area contributed by atoms with Gasteiger partial charge in [0.1, 0.15) is 11.6 Å². The lowest BCUT2D eigenvalue weighted by molar-refractivity contribution is 0.0708. The number of nitrogens with zero attached hydrogens (tertiary/aromatic N) is 2. The fraction of sp³-hybridized carbons (Fsp3) is 0.172. The lowest BCUT2D eigenvalue weighted by Gasteiger charge is -2.32. The number of carbonyl (C=O) groups is 2. The van der Waals surface area contributed by atoms with Crippen molar-refractivity contribution < 1.29 is 18.4 Å². The third-order valence-electron chi connectivity index (χ3n) is 6.71. The van der Waals surface area contributed by atoms with Crippen LogP contribution >= 0.6 is 0 Å². The first kappa shape index (κ1) is 25.0. The molecule has 192 valence electrons. The van der Waals surface area contributed by atoms with Gasteiger partial charge >= 0.3 is 0 Å². The van der Waals surface area contributed by atoms with Crippen LogP contribution in [0.5, 0.6) is 0 Å². The molecule has 1 aromatic heterocycles. The number of aromatic amines is 1. The summed E-state index contributed by atoms with van der Waals surface area (Å²) in [6, 6.07) is 20.5. The van der Waals surface area contributed by atoms with Crippen LogP contribution in [0.25, 0.3) is 11.3 Å². The molecular formula is C29H24F2N4O3. The summed E-state index contributed by atoms with van der Waals surface area (Å²) >= 11 is 0. The number of rotatable bonds is 5. The van der Waals surface area contributed by atoms with E-state index in [1.807, 2.05) is 24.3 Å². The first-order valence-corrected chi connectivity index (χ1v) is 12.2. The van der Waals surface area contributed by atoms with Crippen molar-refractivity contribution in [2.24, 2.45) is 0 Å². The molecule has 0 unspecified atom stereocenters. The van der Waals surface area contributed by atoms with Crippen LogP contribution in [0.2, 0.25) is 0 Å².